The maximum absolute atomic E-state index is 13.2. The van der Waals surface area contributed by atoms with Crippen LogP contribution in [-0.2, 0) is 6.42 Å². The number of benzene rings is 2. The summed E-state index contributed by atoms with van der Waals surface area (Å²) >= 11 is 6.16. The molecule has 0 saturated carbocycles. The standard InChI is InChI=1S/C18H15ClFN3O/c1-24-16-7-4-12(19)10-15(16)23-18-14(8-9-21-18)17(22-23)11-2-5-13(20)6-3-11/h2-7,10,21H,8-9H2,1H3. The molecule has 0 spiro atoms. The molecule has 0 saturated heterocycles. The van der Waals surface area contributed by atoms with Crippen LogP contribution in [-0.4, -0.2) is 23.4 Å². The molecule has 4 rings (SSSR count). The fraction of sp³-hybridized carbons (Fsp3) is 0.167. The van der Waals surface area contributed by atoms with Crippen LogP contribution in [0.5, 0.6) is 5.75 Å². The smallest absolute Gasteiger partial charge is 0.144 e. The molecule has 2 aromatic carbocycles. The lowest BCUT2D eigenvalue weighted by molar-refractivity contribution is 0.412. The maximum Gasteiger partial charge on any atom is 0.144 e. The van der Waals surface area contributed by atoms with E-state index in [0.717, 1.165) is 41.3 Å². The Hall–Kier alpha value is -2.53. The molecule has 1 N–H and O–H groups in total. The Balaban J connectivity index is 1.91. The fourth-order valence-corrected chi connectivity index (χ4v) is 3.18. The van der Waals surface area contributed by atoms with Gasteiger partial charge in [-0.1, -0.05) is 11.6 Å². The van der Waals surface area contributed by atoms with E-state index in [2.05, 4.69) is 5.32 Å². The minimum Gasteiger partial charge on any atom is -0.494 e. The number of methoxy groups -OCH3 is 1. The first-order valence-electron chi connectivity index (χ1n) is 7.63. The monoisotopic (exact) mass is 343 g/mol. The Morgan fingerprint density at radius 3 is 2.75 bits per heavy atom. The molecular weight excluding hydrogens is 329 g/mol. The van der Waals surface area contributed by atoms with E-state index >= 15 is 0 Å². The average molecular weight is 344 g/mol. The predicted octanol–water partition coefficient (Wildman–Crippen LogP) is 4.31. The van der Waals surface area contributed by atoms with Gasteiger partial charge in [-0.2, -0.15) is 5.10 Å². The summed E-state index contributed by atoms with van der Waals surface area (Å²) in [4.78, 5) is 0. The SMILES string of the molecule is COc1ccc(Cl)cc1-n1nc(-c2ccc(F)cc2)c2c1NCC2. The quantitative estimate of drug-likeness (QED) is 0.770. The van der Waals surface area contributed by atoms with Crippen molar-refractivity contribution in [3.8, 4) is 22.7 Å². The normalized spacial score (nSPS) is 12.8. The first-order valence-corrected chi connectivity index (χ1v) is 8.01. The summed E-state index contributed by atoms with van der Waals surface area (Å²) in [6.45, 7) is 0.838. The summed E-state index contributed by atoms with van der Waals surface area (Å²) in [5, 5.41) is 8.72. The molecule has 1 aromatic heterocycles. The topological polar surface area (TPSA) is 39.1 Å². The molecule has 0 unspecified atom stereocenters. The number of rotatable bonds is 3. The first-order chi connectivity index (χ1) is 11.7. The summed E-state index contributed by atoms with van der Waals surface area (Å²) in [6, 6.07) is 11.8. The molecule has 0 aliphatic carbocycles. The molecule has 122 valence electrons. The summed E-state index contributed by atoms with van der Waals surface area (Å²) in [7, 11) is 1.62. The summed E-state index contributed by atoms with van der Waals surface area (Å²) in [5.41, 5.74) is 3.61. The predicted molar refractivity (Wildman–Crippen MR) is 92.7 cm³/mol. The van der Waals surface area contributed by atoms with Gasteiger partial charge in [-0.25, -0.2) is 9.07 Å². The number of nitrogens with zero attached hydrogens (tertiary/aromatic N) is 2. The van der Waals surface area contributed by atoms with Gasteiger partial charge in [-0.05, 0) is 48.9 Å². The molecule has 6 heteroatoms. The lowest BCUT2D eigenvalue weighted by Crippen LogP contribution is -2.05. The van der Waals surface area contributed by atoms with Crippen LogP contribution in [0.25, 0.3) is 16.9 Å². The Morgan fingerprint density at radius 2 is 2.00 bits per heavy atom. The van der Waals surface area contributed by atoms with E-state index in [1.807, 2.05) is 16.8 Å². The van der Waals surface area contributed by atoms with Gasteiger partial charge in [0, 0.05) is 22.7 Å². The van der Waals surface area contributed by atoms with Crippen LogP contribution < -0.4 is 10.1 Å². The van der Waals surface area contributed by atoms with Crippen molar-refractivity contribution in [2.24, 2.45) is 0 Å². The van der Waals surface area contributed by atoms with Gasteiger partial charge in [0.25, 0.3) is 0 Å². The third-order valence-corrected chi connectivity index (χ3v) is 4.37. The zero-order chi connectivity index (χ0) is 16.7. The zero-order valence-corrected chi connectivity index (χ0v) is 13.8. The molecule has 0 bridgehead atoms. The van der Waals surface area contributed by atoms with Gasteiger partial charge < -0.3 is 10.1 Å². The minimum atomic E-state index is -0.260. The highest BCUT2D eigenvalue weighted by Crippen LogP contribution is 2.37. The maximum atomic E-state index is 13.2. The highest BCUT2D eigenvalue weighted by atomic mass is 35.5. The summed E-state index contributed by atoms with van der Waals surface area (Å²) < 4.78 is 20.5. The van der Waals surface area contributed by atoms with Gasteiger partial charge in [0.1, 0.15) is 23.1 Å². The molecule has 0 atom stereocenters. The lowest BCUT2D eigenvalue weighted by atomic mass is 10.1. The third-order valence-electron chi connectivity index (χ3n) is 4.14. The number of nitrogens with one attached hydrogen (secondary N) is 1. The Morgan fingerprint density at radius 1 is 1.21 bits per heavy atom. The molecule has 0 radical (unpaired) electrons. The molecule has 1 aliphatic rings. The van der Waals surface area contributed by atoms with Crippen LogP contribution in [0.15, 0.2) is 42.5 Å². The highest BCUT2D eigenvalue weighted by molar-refractivity contribution is 6.30. The number of anilines is 1. The molecular formula is C18H15ClFN3O. The molecule has 0 fully saturated rings. The van der Waals surface area contributed by atoms with Crippen LogP contribution in [0.2, 0.25) is 5.02 Å². The van der Waals surface area contributed by atoms with Gasteiger partial charge in [0.15, 0.2) is 0 Å². The van der Waals surface area contributed by atoms with Crippen molar-refractivity contribution < 1.29 is 9.13 Å². The average Bonchev–Trinajstić information content (AvgIpc) is 3.18. The van der Waals surface area contributed by atoms with Crippen LogP contribution in [0.4, 0.5) is 10.2 Å². The van der Waals surface area contributed by atoms with Crippen molar-refractivity contribution in [2.75, 3.05) is 19.0 Å². The molecule has 2 heterocycles. The number of halogens is 2. The van der Waals surface area contributed by atoms with Crippen molar-refractivity contribution in [3.63, 3.8) is 0 Å². The first kappa shape index (κ1) is 15.0. The largest absolute Gasteiger partial charge is 0.494 e. The fourth-order valence-electron chi connectivity index (χ4n) is 3.02. The molecule has 4 nitrogen and oxygen atoms in total. The van der Waals surface area contributed by atoms with Crippen LogP contribution in [0.3, 0.4) is 0 Å². The van der Waals surface area contributed by atoms with Crippen molar-refractivity contribution in [2.45, 2.75) is 6.42 Å². The number of fused-ring (bicyclic) bond motifs is 1. The van der Waals surface area contributed by atoms with E-state index in [9.17, 15) is 4.39 Å². The molecule has 0 amide bonds. The van der Waals surface area contributed by atoms with Crippen LogP contribution >= 0.6 is 11.6 Å². The molecule has 24 heavy (non-hydrogen) atoms. The van der Waals surface area contributed by atoms with Crippen molar-refractivity contribution in [1.82, 2.24) is 9.78 Å². The van der Waals surface area contributed by atoms with Gasteiger partial charge >= 0.3 is 0 Å². The number of aromatic nitrogens is 2. The van der Waals surface area contributed by atoms with Gasteiger partial charge in [-0.3, -0.25) is 0 Å². The highest BCUT2D eigenvalue weighted by Gasteiger charge is 2.25. The van der Waals surface area contributed by atoms with E-state index in [1.54, 1.807) is 25.3 Å². The van der Waals surface area contributed by atoms with Crippen molar-refractivity contribution >= 4 is 17.4 Å². The van der Waals surface area contributed by atoms with Gasteiger partial charge in [0.2, 0.25) is 0 Å². The third kappa shape index (κ3) is 2.41. The van der Waals surface area contributed by atoms with E-state index in [0.29, 0.717) is 10.8 Å². The van der Waals surface area contributed by atoms with Gasteiger partial charge in [-0.15, -0.1) is 0 Å². The number of hydrogen-bond acceptors (Lipinski definition) is 3. The lowest BCUT2D eigenvalue weighted by Gasteiger charge is -2.11. The summed E-state index contributed by atoms with van der Waals surface area (Å²) in [6.07, 6.45) is 0.866. The van der Waals surface area contributed by atoms with Crippen LogP contribution in [0, 0.1) is 5.82 Å². The minimum absolute atomic E-state index is 0.260. The van der Waals surface area contributed by atoms with Crippen LogP contribution in [0.1, 0.15) is 5.56 Å². The second kappa shape index (κ2) is 5.83. The summed E-state index contributed by atoms with van der Waals surface area (Å²) in [5.74, 6) is 1.35. The second-order valence-corrected chi connectivity index (χ2v) is 6.02. The number of ether oxygens (including phenoxy) is 1. The van der Waals surface area contributed by atoms with E-state index < -0.39 is 0 Å². The zero-order valence-electron chi connectivity index (χ0n) is 13.0. The van der Waals surface area contributed by atoms with E-state index in [1.165, 1.54) is 12.1 Å². The molecule has 3 aromatic rings. The van der Waals surface area contributed by atoms with E-state index in [-0.39, 0.29) is 5.82 Å². The molecule has 1 aliphatic heterocycles. The van der Waals surface area contributed by atoms with Crippen molar-refractivity contribution in [3.05, 3.63) is 58.9 Å². The Kier molecular flexibility index (Phi) is 3.65. The Labute approximate surface area is 143 Å². The number of hydrogen-bond donors (Lipinski definition) is 1. The Bertz CT molecular complexity index is 905. The van der Waals surface area contributed by atoms with E-state index in [4.69, 9.17) is 21.4 Å². The van der Waals surface area contributed by atoms with Gasteiger partial charge in [0.05, 0.1) is 12.8 Å². The second-order valence-electron chi connectivity index (χ2n) is 5.59. The van der Waals surface area contributed by atoms with Crippen molar-refractivity contribution in [1.29, 1.82) is 0 Å².